The highest BCUT2D eigenvalue weighted by molar-refractivity contribution is 6.30. The summed E-state index contributed by atoms with van der Waals surface area (Å²) < 4.78 is 1.63. The molecule has 1 aromatic heterocycles. The van der Waals surface area contributed by atoms with Gasteiger partial charge in [-0.3, -0.25) is 14.2 Å². The van der Waals surface area contributed by atoms with Crippen LogP contribution in [0, 0.1) is 0 Å². The largest absolute Gasteiger partial charge is 0.334 e. The summed E-state index contributed by atoms with van der Waals surface area (Å²) in [5.41, 5.74) is 3.08. The van der Waals surface area contributed by atoms with Crippen molar-refractivity contribution in [3.8, 4) is 5.69 Å². The number of rotatable bonds is 7. The molecule has 0 N–H and O–H groups in total. The summed E-state index contributed by atoms with van der Waals surface area (Å²) in [5.74, 6) is 0.276. The van der Waals surface area contributed by atoms with Crippen LogP contribution >= 0.6 is 11.6 Å². The number of aryl methyl sites for hydroxylation is 1. The van der Waals surface area contributed by atoms with Gasteiger partial charge in [-0.2, -0.15) is 0 Å². The molecule has 0 spiro atoms. The van der Waals surface area contributed by atoms with Crippen molar-refractivity contribution in [3.05, 3.63) is 106 Å². The van der Waals surface area contributed by atoms with Crippen molar-refractivity contribution in [1.29, 1.82) is 0 Å². The van der Waals surface area contributed by atoms with Crippen molar-refractivity contribution in [2.75, 3.05) is 7.05 Å². The van der Waals surface area contributed by atoms with Gasteiger partial charge in [0.1, 0.15) is 11.2 Å². The molecule has 2 atom stereocenters. The van der Waals surface area contributed by atoms with Crippen molar-refractivity contribution >= 4 is 28.4 Å². The number of likely N-dealkylation sites (N-methyl/N-ethyl adjacent to an activating group) is 1. The van der Waals surface area contributed by atoms with Gasteiger partial charge in [0, 0.05) is 7.05 Å². The van der Waals surface area contributed by atoms with Crippen molar-refractivity contribution in [1.82, 2.24) is 14.5 Å². The first-order chi connectivity index (χ1) is 16.5. The van der Waals surface area contributed by atoms with E-state index in [1.807, 2.05) is 79.7 Å². The van der Waals surface area contributed by atoms with Crippen molar-refractivity contribution in [2.24, 2.45) is 0 Å². The fraction of sp³-hybridized carbons (Fsp3) is 0.250. The standard InChI is InChI=1S/C28H28ClN3O2/c1-4-19-15-17-21(18-16-19)32-26(30-23-14-10-9-13-22(23)27(32)33)24(5-2)31(3)28(34)25(29)20-11-7-6-8-12-20/h6-18,24-25H,4-5H2,1-3H3. The number of carbonyl (C=O) groups is 1. The van der Waals surface area contributed by atoms with E-state index in [4.69, 9.17) is 16.6 Å². The summed E-state index contributed by atoms with van der Waals surface area (Å²) in [6.45, 7) is 4.07. The molecule has 1 amide bonds. The smallest absolute Gasteiger partial charge is 0.266 e. The van der Waals surface area contributed by atoms with Gasteiger partial charge < -0.3 is 4.90 Å². The third kappa shape index (κ3) is 4.48. The van der Waals surface area contributed by atoms with E-state index in [2.05, 4.69) is 6.92 Å². The number of amides is 1. The fourth-order valence-electron chi connectivity index (χ4n) is 4.23. The summed E-state index contributed by atoms with van der Waals surface area (Å²) in [6, 6.07) is 24.0. The number of hydrogen-bond acceptors (Lipinski definition) is 3. The van der Waals surface area contributed by atoms with Crippen LogP contribution in [0.5, 0.6) is 0 Å². The zero-order valence-corrected chi connectivity index (χ0v) is 20.4. The van der Waals surface area contributed by atoms with Gasteiger partial charge in [0.25, 0.3) is 5.56 Å². The molecule has 0 aliphatic rings. The van der Waals surface area contributed by atoms with E-state index in [1.54, 1.807) is 22.6 Å². The maximum atomic E-state index is 13.7. The first-order valence-electron chi connectivity index (χ1n) is 11.5. The number of nitrogens with zero attached hydrogens (tertiary/aromatic N) is 3. The van der Waals surface area contributed by atoms with Gasteiger partial charge in [0.15, 0.2) is 0 Å². The molecule has 1 heterocycles. The molecular formula is C28H28ClN3O2. The zero-order valence-electron chi connectivity index (χ0n) is 19.6. The molecule has 174 valence electrons. The SMILES string of the molecule is CCc1ccc(-n2c(C(CC)N(C)C(=O)C(Cl)c3ccccc3)nc3ccccc3c2=O)cc1. The number of benzene rings is 3. The van der Waals surface area contributed by atoms with Crippen LogP contribution in [0.15, 0.2) is 83.7 Å². The molecule has 6 heteroatoms. The molecule has 0 bridgehead atoms. The Kier molecular flexibility index (Phi) is 7.13. The molecule has 3 aromatic carbocycles. The number of halogens is 1. The van der Waals surface area contributed by atoms with Crippen LogP contribution in [-0.2, 0) is 11.2 Å². The van der Waals surface area contributed by atoms with Crippen molar-refractivity contribution in [3.63, 3.8) is 0 Å². The predicted molar refractivity (Wildman–Crippen MR) is 138 cm³/mol. The quantitative estimate of drug-likeness (QED) is 0.317. The van der Waals surface area contributed by atoms with Gasteiger partial charge >= 0.3 is 0 Å². The molecule has 0 aliphatic carbocycles. The van der Waals surface area contributed by atoms with E-state index >= 15 is 0 Å². The van der Waals surface area contributed by atoms with Gasteiger partial charge in [-0.25, -0.2) is 4.98 Å². The molecule has 0 fully saturated rings. The number of alkyl halides is 1. The Balaban J connectivity index is 1.85. The maximum Gasteiger partial charge on any atom is 0.266 e. The lowest BCUT2D eigenvalue weighted by atomic mass is 10.1. The third-order valence-corrected chi connectivity index (χ3v) is 6.65. The summed E-state index contributed by atoms with van der Waals surface area (Å²) in [6.07, 6.45) is 1.47. The molecule has 0 saturated carbocycles. The van der Waals surface area contributed by atoms with Crippen LogP contribution in [0.25, 0.3) is 16.6 Å². The number of fused-ring (bicyclic) bond motifs is 1. The molecule has 4 rings (SSSR count). The van der Waals surface area contributed by atoms with E-state index in [1.165, 1.54) is 5.56 Å². The first kappa shape index (κ1) is 23.7. The highest BCUT2D eigenvalue weighted by Crippen LogP contribution is 2.30. The maximum absolute atomic E-state index is 13.7. The highest BCUT2D eigenvalue weighted by Gasteiger charge is 2.30. The van der Waals surface area contributed by atoms with E-state index in [9.17, 15) is 9.59 Å². The summed E-state index contributed by atoms with van der Waals surface area (Å²) in [4.78, 5) is 33.5. The van der Waals surface area contributed by atoms with Crippen LogP contribution in [0.2, 0.25) is 0 Å². The number of para-hydroxylation sites is 1. The summed E-state index contributed by atoms with van der Waals surface area (Å²) in [7, 11) is 1.72. The Labute approximate surface area is 204 Å². The minimum Gasteiger partial charge on any atom is -0.334 e. The van der Waals surface area contributed by atoms with Crippen molar-refractivity contribution < 1.29 is 4.79 Å². The second-order valence-electron chi connectivity index (χ2n) is 8.29. The fourth-order valence-corrected chi connectivity index (χ4v) is 4.53. The van der Waals surface area contributed by atoms with Crippen LogP contribution in [-0.4, -0.2) is 27.4 Å². The molecule has 0 aliphatic heterocycles. The lowest BCUT2D eigenvalue weighted by molar-refractivity contribution is -0.132. The molecular weight excluding hydrogens is 446 g/mol. The van der Waals surface area contributed by atoms with Crippen molar-refractivity contribution in [2.45, 2.75) is 38.1 Å². The van der Waals surface area contributed by atoms with Gasteiger partial charge in [-0.05, 0) is 48.2 Å². The Morgan fingerprint density at radius 1 is 0.971 bits per heavy atom. The normalized spacial score (nSPS) is 12.9. The second-order valence-corrected chi connectivity index (χ2v) is 8.73. The van der Waals surface area contributed by atoms with Gasteiger partial charge in [-0.1, -0.05) is 68.4 Å². The van der Waals surface area contributed by atoms with Gasteiger partial charge in [0.05, 0.1) is 22.6 Å². The highest BCUT2D eigenvalue weighted by atomic mass is 35.5. The lowest BCUT2D eigenvalue weighted by Crippen LogP contribution is -2.37. The number of hydrogen-bond donors (Lipinski definition) is 0. The topological polar surface area (TPSA) is 55.2 Å². The summed E-state index contributed by atoms with van der Waals surface area (Å²) >= 11 is 6.58. The Bertz CT molecular complexity index is 1350. The average molecular weight is 474 g/mol. The van der Waals surface area contributed by atoms with Crippen LogP contribution in [0.4, 0.5) is 0 Å². The molecule has 4 aromatic rings. The van der Waals surface area contributed by atoms with Gasteiger partial charge in [-0.15, -0.1) is 11.6 Å². The van der Waals surface area contributed by atoms with E-state index in [0.29, 0.717) is 23.1 Å². The van der Waals surface area contributed by atoms with E-state index in [0.717, 1.165) is 17.7 Å². The van der Waals surface area contributed by atoms with Crippen LogP contribution < -0.4 is 5.56 Å². The third-order valence-electron chi connectivity index (χ3n) is 6.21. The second kappa shape index (κ2) is 10.2. The minimum atomic E-state index is -0.829. The molecule has 0 saturated heterocycles. The summed E-state index contributed by atoms with van der Waals surface area (Å²) in [5, 5.41) is -0.293. The Morgan fingerprint density at radius 3 is 2.26 bits per heavy atom. The zero-order chi connectivity index (χ0) is 24.2. The molecule has 34 heavy (non-hydrogen) atoms. The Morgan fingerprint density at radius 2 is 1.62 bits per heavy atom. The first-order valence-corrected chi connectivity index (χ1v) is 12.0. The molecule has 5 nitrogen and oxygen atoms in total. The average Bonchev–Trinajstić information content (AvgIpc) is 2.89. The lowest BCUT2D eigenvalue weighted by Gasteiger charge is -2.30. The monoisotopic (exact) mass is 473 g/mol. The Hall–Kier alpha value is -3.44. The van der Waals surface area contributed by atoms with Gasteiger partial charge in [0.2, 0.25) is 5.91 Å². The van der Waals surface area contributed by atoms with E-state index in [-0.39, 0.29) is 11.5 Å². The molecule has 2 unspecified atom stereocenters. The van der Waals surface area contributed by atoms with Crippen LogP contribution in [0.1, 0.15) is 48.6 Å². The van der Waals surface area contributed by atoms with E-state index < -0.39 is 11.4 Å². The predicted octanol–water partition coefficient (Wildman–Crippen LogP) is 5.84. The number of aromatic nitrogens is 2. The number of carbonyl (C=O) groups excluding carboxylic acids is 1. The van der Waals surface area contributed by atoms with Crippen LogP contribution in [0.3, 0.4) is 0 Å². The minimum absolute atomic E-state index is 0.158. The molecule has 0 radical (unpaired) electrons.